The Bertz CT molecular complexity index is 1040. The molecule has 0 unspecified atom stereocenters. The molecule has 0 saturated heterocycles. The molecule has 0 spiro atoms. The van der Waals surface area contributed by atoms with Crippen LogP contribution < -0.4 is 10.0 Å². The van der Waals surface area contributed by atoms with E-state index < -0.39 is 10.0 Å². The lowest BCUT2D eigenvalue weighted by Crippen LogP contribution is -2.13. The van der Waals surface area contributed by atoms with E-state index in [1.165, 1.54) is 6.07 Å². The summed E-state index contributed by atoms with van der Waals surface area (Å²) in [5.41, 5.74) is 1.99. The number of hydrogen-bond acceptors (Lipinski definition) is 6. The van der Waals surface area contributed by atoms with Gasteiger partial charge in [0.15, 0.2) is 0 Å². The molecule has 3 rings (SSSR count). The van der Waals surface area contributed by atoms with Gasteiger partial charge in [-0.3, -0.25) is 9.52 Å². The van der Waals surface area contributed by atoms with Crippen LogP contribution in [-0.4, -0.2) is 30.8 Å². The highest BCUT2D eigenvalue weighted by Gasteiger charge is 2.10. The molecule has 0 radical (unpaired) electrons. The second-order valence-electron chi connectivity index (χ2n) is 5.61. The van der Waals surface area contributed by atoms with Crippen molar-refractivity contribution >= 4 is 27.3 Å². The van der Waals surface area contributed by atoms with Gasteiger partial charge in [-0.1, -0.05) is 6.07 Å². The zero-order valence-electron chi connectivity index (χ0n) is 14.1. The van der Waals surface area contributed by atoms with Crippen molar-refractivity contribution in [2.24, 2.45) is 0 Å². The van der Waals surface area contributed by atoms with Gasteiger partial charge in [0, 0.05) is 23.7 Å². The van der Waals surface area contributed by atoms with Crippen molar-refractivity contribution in [2.75, 3.05) is 16.3 Å². The fourth-order valence-corrected chi connectivity index (χ4v) is 2.81. The quantitative estimate of drug-likeness (QED) is 0.712. The number of aromatic nitrogens is 2. The molecule has 1 heterocycles. The molecule has 1 aromatic heterocycles. The highest BCUT2D eigenvalue weighted by Crippen LogP contribution is 2.20. The van der Waals surface area contributed by atoms with Crippen molar-refractivity contribution in [3.8, 4) is 11.5 Å². The summed E-state index contributed by atoms with van der Waals surface area (Å²) in [6.07, 6.45) is 1.06. The van der Waals surface area contributed by atoms with Crippen molar-refractivity contribution in [2.45, 2.75) is 6.92 Å². The molecule has 0 aliphatic heterocycles. The van der Waals surface area contributed by atoms with Gasteiger partial charge in [-0.2, -0.15) is 0 Å². The first-order valence-electron chi connectivity index (χ1n) is 7.60. The number of rotatable bonds is 5. The van der Waals surface area contributed by atoms with Crippen LogP contribution in [-0.2, 0) is 10.0 Å². The monoisotopic (exact) mass is 372 g/mol. The van der Waals surface area contributed by atoms with E-state index in [2.05, 4.69) is 20.2 Å². The van der Waals surface area contributed by atoms with Gasteiger partial charge in [0.2, 0.25) is 21.8 Å². The number of hydrogen-bond donors (Lipinski definition) is 2. The van der Waals surface area contributed by atoms with Crippen LogP contribution >= 0.6 is 0 Å². The van der Waals surface area contributed by atoms with E-state index in [1.54, 1.807) is 49.4 Å². The van der Waals surface area contributed by atoms with Crippen LogP contribution in [0, 0.1) is 6.92 Å². The minimum atomic E-state index is -3.39. The maximum Gasteiger partial charge on any atom is 0.255 e. The minimum absolute atomic E-state index is 0.324. The molecule has 0 fully saturated rings. The van der Waals surface area contributed by atoms with Gasteiger partial charge in [0.25, 0.3) is 5.91 Å². The average molecular weight is 372 g/mol. The van der Waals surface area contributed by atoms with Crippen LogP contribution in [0.1, 0.15) is 16.2 Å². The molecular weight excluding hydrogens is 356 g/mol. The molecule has 0 bridgehead atoms. The van der Waals surface area contributed by atoms with Crippen LogP contribution in [0.4, 0.5) is 11.4 Å². The number of benzene rings is 2. The summed E-state index contributed by atoms with van der Waals surface area (Å²) in [6.45, 7) is 1.70. The van der Waals surface area contributed by atoms with Crippen LogP contribution in [0.15, 0.2) is 52.9 Å². The SMILES string of the molecule is Cc1nnc(-c2ccc(C(=O)Nc3cccc(NS(C)(=O)=O)c3)cc2)o1. The van der Waals surface area contributed by atoms with Gasteiger partial charge in [-0.25, -0.2) is 8.42 Å². The third-order valence-electron chi connectivity index (χ3n) is 3.34. The number of nitrogens with zero attached hydrogens (tertiary/aromatic N) is 2. The number of nitrogens with one attached hydrogen (secondary N) is 2. The van der Waals surface area contributed by atoms with E-state index in [0.717, 1.165) is 6.26 Å². The van der Waals surface area contributed by atoms with Crippen molar-refractivity contribution in [3.63, 3.8) is 0 Å². The van der Waals surface area contributed by atoms with E-state index in [4.69, 9.17) is 4.42 Å². The Morgan fingerprint density at radius 1 is 1.04 bits per heavy atom. The van der Waals surface area contributed by atoms with Gasteiger partial charge in [0.05, 0.1) is 11.9 Å². The Morgan fingerprint density at radius 3 is 2.35 bits per heavy atom. The second kappa shape index (κ2) is 6.96. The summed E-state index contributed by atoms with van der Waals surface area (Å²) in [5, 5.41) is 10.4. The Labute approximate surface area is 150 Å². The Morgan fingerprint density at radius 2 is 1.73 bits per heavy atom. The third-order valence-corrected chi connectivity index (χ3v) is 3.95. The largest absolute Gasteiger partial charge is 0.421 e. The summed E-state index contributed by atoms with van der Waals surface area (Å²) in [7, 11) is -3.39. The maximum absolute atomic E-state index is 12.4. The molecule has 9 heteroatoms. The van der Waals surface area contributed by atoms with Crippen LogP contribution in [0.2, 0.25) is 0 Å². The molecule has 2 aromatic carbocycles. The van der Waals surface area contributed by atoms with E-state index in [1.807, 2.05) is 0 Å². The lowest BCUT2D eigenvalue weighted by atomic mass is 10.1. The van der Waals surface area contributed by atoms with E-state index in [0.29, 0.717) is 34.3 Å². The zero-order chi connectivity index (χ0) is 18.7. The molecule has 3 aromatic rings. The Hall–Kier alpha value is -3.20. The zero-order valence-corrected chi connectivity index (χ0v) is 14.9. The maximum atomic E-state index is 12.4. The van der Waals surface area contributed by atoms with Crippen LogP contribution in [0.3, 0.4) is 0 Å². The topological polar surface area (TPSA) is 114 Å². The minimum Gasteiger partial charge on any atom is -0.421 e. The van der Waals surface area contributed by atoms with E-state index in [-0.39, 0.29) is 5.91 Å². The predicted molar refractivity (Wildman–Crippen MR) is 97.3 cm³/mol. The lowest BCUT2D eigenvalue weighted by molar-refractivity contribution is 0.102. The molecule has 26 heavy (non-hydrogen) atoms. The van der Waals surface area contributed by atoms with Crippen molar-refractivity contribution < 1.29 is 17.6 Å². The standard InChI is InChI=1S/C17H16N4O4S/c1-11-19-20-17(25-11)13-8-6-12(7-9-13)16(22)18-14-4-3-5-15(10-14)21-26(2,23)24/h3-10,21H,1-2H3,(H,18,22). The number of carbonyl (C=O) groups is 1. The van der Waals surface area contributed by atoms with E-state index >= 15 is 0 Å². The third kappa shape index (κ3) is 4.45. The summed E-state index contributed by atoms with van der Waals surface area (Å²) in [4.78, 5) is 12.4. The lowest BCUT2D eigenvalue weighted by Gasteiger charge is -2.08. The van der Waals surface area contributed by atoms with Crippen LogP contribution in [0.5, 0.6) is 0 Å². The first kappa shape index (κ1) is 17.6. The molecule has 8 nitrogen and oxygen atoms in total. The summed E-state index contributed by atoms with van der Waals surface area (Å²) in [6, 6.07) is 13.1. The fourth-order valence-electron chi connectivity index (χ4n) is 2.26. The molecule has 0 aliphatic carbocycles. The molecule has 0 aliphatic rings. The number of amides is 1. The van der Waals surface area contributed by atoms with Gasteiger partial charge >= 0.3 is 0 Å². The molecule has 2 N–H and O–H groups in total. The normalized spacial score (nSPS) is 11.2. The number of aryl methyl sites for hydroxylation is 1. The first-order valence-corrected chi connectivity index (χ1v) is 9.49. The molecule has 1 amide bonds. The smallest absolute Gasteiger partial charge is 0.255 e. The summed E-state index contributed by atoms with van der Waals surface area (Å²) in [5.74, 6) is 0.521. The van der Waals surface area contributed by atoms with Crippen molar-refractivity contribution in [3.05, 3.63) is 60.0 Å². The average Bonchev–Trinajstić information content (AvgIpc) is 3.00. The Kier molecular flexibility index (Phi) is 4.72. The van der Waals surface area contributed by atoms with Gasteiger partial charge < -0.3 is 9.73 Å². The second-order valence-corrected chi connectivity index (χ2v) is 7.36. The molecular formula is C17H16N4O4S. The van der Waals surface area contributed by atoms with Gasteiger partial charge in [0.1, 0.15) is 0 Å². The fraction of sp³-hybridized carbons (Fsp3) is 0.118. The van der Waals surface area contributed by atoms with Crippen molar-refractivity contribution in [1.29, 1.82) is 0 Å². The highest BCUT2D eigenvalue weighted by molar-refractivity contribution is 7.92. The summed E-state index contributed by atoms with van der Waals surface area (Å²) >= 11 is 0. The predicted octanol–water partition coefficient (Wildman–Crippen LogP) is 2.67. The highest BCUT2D eigenvalue weighted by atomic mass is 32.2. The number of carbonyl (C=O) groups excluding carboxylic acids is 1. The molecule has 0 atom stereocenters. The van der Waals surface area contributed by atoms with E-state index in [9.17, 15) is 13.2 Å². The van der Waals surface area contributed by atoms with Gasteiger partial charge in [-0.05, 0) is 42.5 Å². The summed E-state index contributed by atoms with van der Waals surface area (Å²) < 4.78 is 30.3. The number of anilines is 2. The van der Waals surface area contributed by atoms with Gasteiger partial charge in [-0.15, -0.1) is 10.2 Å². The van der Waals surface area contributed by atoms with Crippen LogP contribution in [0.25, 0.3) is 11.5 Å². The Balaban J connectivity index is 1.73. The molecule has 134 valence electrons. The van der Waals surface area contributed by atoms with Crippen molar-refractivity contribution in [1.82, 2.24) is 10.2 Å². The first-order chi connectivity index (χ1) is 12.3. The molecule has 0 saturated carbocycles. The number of sulfonamides is 1.